The minimum atomic E-state index is 0.280. The zero-order chi connectivity index (χ0) is 14.0. The van der Waals surface area contributed by atoms with E-state index in [1.165, 1.54) is 57.9 Å². The molecule has 114 valence electrons. The third-order valence-corrected chi connectivity index (χ3v) is 4.80. The Bertz CT molecular complexity index is 213. The quantitative estimate of drug-likeness (QED) is 0.500. The van der Waals surface area contributed by atoms with Gasteiger partial charge in [0.25, 0.3) is 0 Å². The van der Waals surface area contributed by atoms with E-state index in [0.717, 1.165) is 25.9 Å². The van der Waals surface area contributed by atoms with Crippen LogP contribution in [0.4, 0.5) is 0 Å². The van der Waals surface area contributed by atoms with Crippen molar-refractivity contribution in [2.45, 2.75) is 76.7 Å². The van der Waals surface area contributed by atoms with E-state index < -0.39 is 0 Å². The number of rotatable bonds is 9. The van der Waals surface area contributed by atoms with Crippen LogP contribution in [0.2, 0.25) is 0 Å². The van der Waals surface area contributed by atoms with Crippen molar-refractivity contribution >= 4 is 0 Å². The first kappa shape index (κ1) is 16.9. The van der Waals surface area contributed by atoms with Crippen LogP contribution in [-0.4, -0.2) is 41.8 Å². The van der Waals surface area contributed by atoms with Gasteiger partial charge in [-0.2, -0.15) is 0 Å². The molecule has 3 heteroatoms. The number of aliphatic hydroxyl groups excluding tert-OH is 1. The molecule has 1 aliphatic carbocycles. The molecule has 0 unspecified atom stereocenters. The van der Waals surface area contributed by atoms with Crippen LogP contribution in [0.1, 0.15) is 71.1 Å². The second-order valence-corrected chi connectivity index (χ2v) is 6.06. The minimum absolute atomic E-state index is 0.280. The van der Waals surface area contributed by atoms with Crippen LogP contribution in [0.3, 0.4) is 0 Å². The van der Waals surface area contributed by atoms with E-state index in [9.17, 15) is 0 Å². The van der Waals surface area contributed by atoms with Gasteiger partial charge in [-0.1, -0.05) is 45.4 Å². The Hall–Kier alpha value is -0.120. The number of nitrogens with zero attached hydrogens (tertiary/aromatic N) is 1. The molecule has 0 atom stereocenters. The monoisotopic (exact) mass is 270 g/mol. The van der Waals surface area contributed by atoms with Gasteiger partial charge in [-0.3, -0.25) is 4.90 Å². The molecule has 0 aromatic rings. The molecule has 3 N–H and O–H groups in total. The molecule has 3 nitrogen and oxygen atoms in total. The van der Waals surface area contributed by atoms with Crippen molar-refractivity contribution in [1.29, 1.82) is 0 Å². The Labute approximate surface area is 119 Å². The highest BCUT2D eigenvalue weighted by atomic mass is 16.2. The maximum absolute atomic E-state index is 8.81. The van der Waals surface area contributed by atoms with Gasteiger partial charge >= 0.3 is 0 Å². The van der Waals surface area contributed by atoms with Gasteiger partial charge in [0.15, 0.2) is 0 Å². The van der Waals surface area contributed by atoms with Gasteiger partial charge in [-0.05, 0) is 38.8 Å². The van der Waals surface area contributed by atoms with Crippen LogP contribution >= 0.6 is 0 Å². The van der Waals surface area contributed by atoms with Gasteiger partial charge in [-0.25, -0.2) is 0 Å². The zero-order valence-electron chi connectivity index (χ0n) is 12.9. The molecular weight excluding hydrogens is 236 g/mol. The largest absolute Gasteiger partial charge is 0.396 e. The maximum Gasteiger partial charge on any atom is 0.0431 e. The predicted molar refractivity (Wildman–Crippen MR) is 82.3 cm³/mol. The summed E-state index contributed by atoms with van der Waals surface area (Å²) in [7, 11) is 0. The molecule has 0 aromatic carbocycles. The molecule has 1 aliphatic rings. The van der Waals surface area contributed by atoms with Crippen molar-refractivity contribution in [2.75, 3.05) is 26.2 Å². The molecule has 0 aromatic heterocycles. The fourth-order valence-corrected chi connectivity index (χ4v) is 3.53. The summed E-state index contributed by atoms with van der Waals surface area (Å²) in [5.41, 5.74) is 6.44. The molecule has 1 rings (SSSR count). The van der Waals surface area contributed by atoms with E-state index in [2.05, 4.69) is 11.8 Å². The molecule has 0 aliphatic heterocycles. The molecule has 1 fully saturated rings. The Kier molecular flexibility index (Phi) is 8.67. The molecule has 0 radical (unpaired) electrons. The van der Waals surface area contributed by atoms with Gasteiger partial charge in [0, 0.05) is 18.7 Å². The molecule has 0 bridgehead atoms. The molecule has 0 saturated heterocycles. The van der Waals surface area contributed by atoms with E-state index in [0.29, 0.717) is 6.61 Å². The van der Waals surface area contributed by atoms with Crippen molar-refractivity contribution < 1.29 is 5.11 Å². The Morgan fingerprint density at radius 2 is 1.63 bits per heavy atom. The maximum atomic E-state index is 8.81. The van der Waals surface area contributed by atoms with Crippen molar-refractivity contribution in [1.82, 2.24) is 4.90 Å². The highest BCUT2D eigenvalue weighted by Gasteiger charge is 2.34. The van der Waals surface area contributed by atoms with Gasteiger partial charge in [0.2, 0.25) is 0 Å². The van der Waals surface area contributed by atoms with Crippen LogP contribution < -0.4 is 5.73 Å². The number of aliphatic hydroxyl groups is 1. The molecule has 0 amide bonds. The number of hydrogen-bond acceptors (Lipinski definition) is 3. The van der Waals surface area contributed by atoms with Crippen molar-refractivity contribution in [3.05, 3.63) is 0 Å². The second kappa shape index (κ2) is 9.73. The zero-order valence-corrected chi connectivity index (χ0v) is 12.9. The van der Waals surface area contributed by atoms with Crippen molar-refractivity contribution in [3.8, 4) is 0 Å². The number of unbranched alkanes of at least 4 members (excludes halogenated alkanes) is 3. The topological polar surface area (TPSA) is 49.5 Å². The summed E-state index contributed by atoms with van der Waals surface area (Å²) in [6.45, 7) is 5.73. The van der Waals surface area contributed by atoms with Crippen LogP contribution in [0, 0.1) is 0 Å². The third kappa shape index (κ3) is 5.41. The second-order valence-electron chi connectivity index (χ2n) is 6.06. The SMILES string of the molecule is CCN(CCCCCCO)C1(CN)CCCCCC1. The lowest BCUT2D eigenvalue weighted by Gasteiger charge is -2.43. The number of nitrogens with two attached hydrogens (primary N) is 1. The summed E-state index contributed by atoms with van der Waals surface area (Å²) in [5.74, 6) is 0. The summed E-state index contributed by atoms with van der Waals surface area (Å²) in [6.07, 6.45) is 12.6. The number of hydrogen-bond donors (Lipinski definition) is 2. The summed E-state index contributed by atoms with van der Waals surface area (Å²) < 4.78 is 0. The summed E-state index contributed by atoms with van der Waals surface area (Å²) in [6, 6.07) is 0. The molecule has 1 saturated carbocycles. The predicted octanol–water partition coefficient (Wildman–Crippen LogP) is 2.91. The van der Waals surface area contributed by atoms with Gasteiger partial charge in [0.1, 0.15) is 0 Å². The first-order chi connectivity index (χ1) is 9.29. The lowest BCUT2D eigenvalue weighted by molar-refractivity contribution is 0.0812. The van der Waals surface area contributed by atoms with E-state index in [1.54, 1.807) is 0 Å². The van der Waals surface area contributed by atoms with Crippen LogP contribution in [0.5, 0.6) is 0 Å². The van der Waals surface area contributed by atoms with Gasteiger partial charge in [0.05, 0.1) is 0 Å². The summed E-state index contributed by atoms with van der Waals surface area (Å²) in [5, 5.41) is 8.81. The Morgan fingerprint density at radius 3 is 2.16 bits per heavy atom. The van der Waals surface area contributed by atoms with Crippen LogP contribution in [-0.2, 0) is 0 Å². The van der Waals surface area contributed by atoms with Crippen molar-refractivity contribution in [3.63, 3.8) is 0 Å². The highest BCUT2D eigenvalue weighted by molar-refractivity contribution is 4.92. The Morgan fingerprint density at radius 1 is 1.00 bits per heavy atom. The summed E-state index contributed by atoms with van der Waals surface area (Å²) in [4.78, 5) is 2.65. The van der Waals surface area contributed by atoms with Crippen molar-refractivity contribution in [2.24, 2.45) is 5.73 Å². The van der Waals surface area contributed by atoms with Crippen LogP contribution in [0.25, 0.3) is 0 Å². The minimum Gasteiger partial charge on any atom is -0.396 e. The lowest BCUT2D eigenvalue weighted by atomic mass is 9.87. The Balaban J connectivity index is 2.44. The van der Waals surface area contributed by atoms with E-state index in [4.69, 9.17) is 10.8 Å². The average Bonchev–Trinajstić information content (AvgIpc) is 2.69. The highest BCUT2D eigenvalue weighted by Crippen LogP contribution is 2.32. The molecule has 19 heavy (non-hydrogen) atoms. The molecular formula is C16H34N2O. The smallest absolute Gasteiger partial charge is 0.0431 e. The van der Waals surface area contributed by atoms with E-state index in [-0.39, 0.29) is 5.54 Å². The normalized spacial score (nSPS) is 19.6. The fourth-order valence-electron chi connectivity index (χ4n) is 3.53. The molecule has 0 spiro atoms. The van der Waals surface area contributed by atoms with Crippen LogP contribution in [0.15, 0.2) is 0 Å². The van der Waals surface area contributed by atoms with Gasteiger partial charge < -0.3 is 10.8 Å². The first-order valence-electron chi connectivity index (χ1n) is 8.35. The summed E-state index contributed by atoms with van der Waals surface area (Å²) >= 11 is 0. The van der Waals surface area contributed by atoms with Gasteiger partial charge in [-0.15, -0.1) is 0 Å². The third-order valence-electron chi connectivity index (χ3n) is 4.80. The average molecular weight is 270 g/mol. The molecule has 0 heterocycles. The lowest BCUT2D eigenvalue weighted by Crippen LogP contribution is -2.53. The standard InChI is InChI=1S/C16H34N2O/c1-2-18(13-9-5-6-10-14-19)16(15-17)11-7-3-4-8-12-16/h19H,2-15,17H2,1H3. The number of likely N-dealkylation sites (N-methyl/N-ethyl adjacent to an activating group) is 1. The fraction of sp³-hybridized carbons (Fsp3) is 1.00. The van der Waals surface area contributed by atoms with E-state index >= 15 is 0 Å². The van der Waals surface area contributed by atoms with E-state index in [1.807, 2.05) is 0 Å². The first-order valence-corrected chi connectivity index (χ1v) is 8.35.